The van der Waals surface area contributed by atoms with E-state index in [9.17, 15) is 13.2 Å². The molecule has 0 saturated carbocycles. The van der Waals surface area contributed by atoms with Crippen LogP contribution in [0.1, 0.15) is 6.42 Å². The van der Waals surface area contributed by atoms with Gasteiger partial charge in [-0.2, -0.15) is 0 Å². The molecule has 7 nitrogen and oxygen atoms in total. The number of ether oxygens (including phenoxy) is 1. The van der Waals surface area contributed by atoms with Gasteiger partial charge in [0.2, 0.25) is 10.0 Å². The Morgan fingerprint density at radius 2 is 2.00 bits per heavy atom. The maximum atomic E-state index is 12.6. The number of carbonyl (C=O) groups is 1. The van der Waals surface area contributed by atoms with Crippen LogP contribution in [0.3, 0.4) is 0 Å². The number of benzene rings is 2. The summed E-state index contributed by atoms with van der Waals surface area (Å²) in [6.45, 7) is 1.14. The number of hydrogen-bond acceptors (Lipinski definition) is 5. The van der Waals surface area contributed by atoms with Crippen LogP contribution >= 0.6 is 11.6 Å². The molecule has 156 valence electrons. The molecule has 9 heteroatoms. The first kappa shape index (κ1) is 21.3. The minimum Gasteiger partial charge on any atom is -0.476 e. The molecule has 0 aliphatic carbocycles. The lowest BCUT2D eigenvalue weighted by Crippen LogP contribution is -2.50. The van der Waals surface area contributed by atoms with Crippen molar-refractivity contribution in [3.05, 3.63) is 53.6 Å². The zero-order valence-electron chi connectivity index (χ0n) is 16.3. The van der Waals surface area contributed by atoms with Gasteiger partial charge in [0.1, 0.15) is 5.75 Å². The zero-order chi connectivity index (χ0) is 21.0. The molecule has 3 rings (SSSR count). The maximum absolute atomic E-state index is 12.6. The maximum Gasteiger partial charge on any atom is 0.263 e. The first-order chi connectivity index (χ1) is 13.8. The number of nitrogens with one attached hydrogen (secondary N) is 1. The van der Waals surface area contributed by atoms with Crippen molar-refractivity contribution in [3.8, 4) is 5.75 Å². The molecule has 0 aromatic heterocycles. The largest absolute Gasteiger partial charge is 0.476 e. The summed E-state index contributed by atoms with van der Waals surface area (Å²) in [7, 11) is -1.59. The smallest absolute Gasteiger partial charge is 0.263 e. The lowest BCUT2D eigenvalue weighted by Gasteiger charge is -2.34. The highest BCUT2D eigenvalue weighted by molar-refractivity contribution is 7.92. The van der Waals surface area contributed by atoms with E-state index in [0.717, 1.165) is 29.2 Å². The van der Waals surface area contributed by atoms with Gasteiger partial charge in [0.25, 0.3) is 5.91 Å². The summed E-state index contributed by atoms with van der Waals surface area (Å²) in [6.07, 6.45) is 0.911. The van der Waals surface area contributed by atoms with Crippen molar-refractivity contribution in [2.24, 2.45) is 0 Å². The first-order valence-electron chi connectivity index (χ1n) is 9.23. The van der Waals surface area contributed by atoms with E-state index in [0.29, 0.717) is 23.0 Å². The van der Waals surface area contributed by atoms with Crippen molar-refractivity contribution >= 4 is 38.9 Å². The summed E-state index contributed by atoms with van der Waals surface area (Å²) in [4.78, 5) is 14.7. The average molecular weight is 438 g/mol. The van der Waals surface area contributed by atoms with Crippen LogP contribution in [0.25, 0.3) is 0 Å². The van der Waals surface area contributed by atoms with Crippen molar-refractivity contribution in [2.75, 3.05) is 42.1 Å². The van der Waals surface area contributed by atoms with Gasteiger partial charge in [0.05, 0.1) is 18.5 Å². The fourth-order valence-corrected chi connectivity index (χ4v) is 4.20. The molecule has 0 bridgehead atoms. The molecule has 0 unspecified atom stereocenters. The summed E-state index contributed by atoms with van der Waals surface area (Å²) < 4.78 is 31.3. The molecule has 2 aromatic rings. The Kier molecular flexibility index (Phi) is 6.54. The summed E-state index contributed by atoms with van der Waals surface area (Å²) in [5.74, 6) is -0.0309. The molecule has 2 aromatic carbocycles. The highest BCUT2D eigenvalue weighted by atomic mass is 35.5. The highest BCUT2D eigenvalue weighted by Gasteiger charge is 2.35. The molecule has 0 spiro atoms. The van der Waals surface area contributed by atoms with Crippen molar-refractivity contribution in [1.29, 1.82) is 0 Å². The van der Waals surface area contributed by atoms with Crippen LogP contribution in [0.5, 0.6) is 5.75 Å². The second kappa shape index (κ2) is 8.92. The number of nitrogens with zero attached hydrogens (tertiary/aromatic N) is 2. The van der Waals surface area contributed by atoms with Crippen LogP contribution in [0.4, 0.5) is 11.4 Å². The third kappa shape index (κ3) is 5.33. The SMILES string of the molecule is CN(CCCNC(=O)[C@H]1CN(S(C)(=O)=O)c2cc(Cl)ccc2O1)c1ccccc1. The van der Waals surface area contributed by atoms with Crippen LogP contribution in [0.2, 0.25) is 5.02 Å². The molecule has 29 heavy (non-hydrogen) atoms. The van der Waals surface area contributed by atoms with Gasteiger partial charge in [-0.3, -0.25) is 9.10 Å². The Labute approximate surface area is 176 Å². The van der Waals surface area contributed by atoms with E-state index in [-0.39, 0.29) is 12.5 Å². The molecular weight excluding hydrogens is 414 g/mol. The molecule has 1 amide bonds. The monoisotopic (exact) mass is 437 g/mol. The van der Waals surface area contributed by atoms with Crippen molar-refractivity contribution in [3.63, 3.8) is 0 Å². The quantitative estimate of drug-likeness (QED) is 0.673. The highest BCUT2D eigenvalue weighted by Crippen LogP contribution is 2.37. The van der Waals surface area contributed by atoms with Gasteiger partial charge in [-0.25, -0.2) is 8.42 Å². The van der Waals surface area contributed by atoms with Gasteiger partial charge in [-0.15, -0.1) is 0 Å². The molecule has 1 heterocycles. The van der Waals surface area contributed by atoms with Gasteiger partial charge < -0.3 is 15.0 Å². The number of sulfonamides is 1. The summed E-state index contributed by atoms with van der Waals surface area (Å²) in [5.41, 5.74) is 1.45. The topological polar surface area (TPSA) is 79.0 Å². The number of rotatable bonds is 7. The fourth-order valence-electron chi connectivity index (χ4n) is 3.13. The summed E-state index contributed by atoms with van der Waals surface area (Å²) in [6, 6.07) is 14.7. The Morgan fingerprint density at radius 3 is 2.69 bits per heavy atom. The normalized spacial score (nSPS) is 16.0. The Balaban J connectivity index is 1.58. The van der Waals surface area contributed by atoms with Crippen LogP contribution in [-0.2, 0) is 14.8 Å². The Hall–Kier alpha value is -2.45. The Bertz CT molecular complexity index is 969. The standard InChI is InChI=1S/C20H24ClN3O4S/c1-23(16-7-4-3-5-8-16)12-6-11-22-20(25)19-14-24(29(2,26)27)17-13-15(21)9-10-18(17)28-19/h3-5,7-10,13,19H,6,11-12,14H2,1-2H3,(H,22,25)/t19-/m1/s1. The lowest BCUT2D eigenvalue weighted by atomic mass is 10.2. The van der Waals surface area contributed by atoms with Crippen molar-refractivity contribution < 1.29 is 17.9 Å². The number of fused-ring (bicyclic) bond motifs is 1. The van der Waals surface area contributed by atoms with E-state index in [1.165, 1.54) is 6.07 Å². The molecule has 1 atom stereocenters. The number of anilines is 2. The molecule has 0 saturated heterocycles. The second-order valence-electron chi connectivity index (χ2n) is 6.91. The third-order valence-corrected chi connectivity index (χ3v) is 6.03. The molecule has 0 fully saturated rings. The first-order valence-corrected chi connectivity index (χ1v) is 11.5. The molecular formula is C20H24ClN3O4S. The number of carbonyl (C=O) groups excluding carboxylic acids is 1. The van der Waals surface area contributed by atoms with Gasteiger partial charge in [0, 0.05) is 30.8 Å². The van der Waals surface area contributed by atoms with Gasteiger partial charge in [-0.1, -0.05) is 29.8 Å². The van der Waals surface area contributed by atoms with E-state index in [1.807, 2.05) is 37.4 Å². The van der Waals surface area contributed by atoms with Crippen molar-refractivity contribution in [1.82, 2.24) is 5.32 Å². The molecule has 1 N–H and O–H groups in total. The fraction of sp³-hybridized carbons (Fsp3) is 0.350. The van der Waals surface area contributed by atoms with E-state index in [4.69, 9.17) is 16.3 Å². The summed E-state index contributed by atoms with van der Waals surface area (Å²) in [5, 5.41) is 3.23. The third-order valence-electron chi connectivity index (χ3n) is 4.65. The Morgan fingerprint density at radius 1 is 1.28 bits per heavy atom. The van der Waals surface area contributed by atoms with Gasteiger partial charge in [-0.05, 0) is 36.8 Å². The van der Waals surface area contributed by atoms with Crippen LogP contribution in [0.15, 0.2) is 48.5 Å². The predicted octanol–water partition coefficient (Wildman–Crippen LogP) is 2.51. The van der Waals surface area contributed by atoms with E-state index in [1.54, 1.807) is 12.1 Å². The minimum absolute atomic E-state index is 0.0953. The van der Waals surface area contributed by atoms with Crippen molar-refractivity contribution in [2.45, 2.75) is 12.5 Å². The lowest BCUT2D eigenvalue weighted by molar-refractivity contribution is -0.127. The molecule has 0 radical (unpaired) electrons. The van der Waals surface area contributed by atoms with E-state index >= 15 is 0 Å². The average Bonchev–Trinajstić information content (AvgIpc) is 2.70. The van der Waals surface area contributed by atoms with Crippen LogP contribution in [-0.4, -0.2) is 53.4 Å². The molecule has 1 aliphatic rings. The van der Waals surface area contributed by atoms with E-state index < -0.39 is 16.1 Å². The summed E-state index contributed by atoms with van der Waals surface area (Å²) >= 11 is 5.98. The predicted molar refractivity (Wildman–Crippen MR) is 115 cm³/mol. The minimum atomic E-state index is -3.58. The van der Waals surface area contributed by atoms with Crippen LogP contribution in [0, 0.1) is 0 Å². The van der Waals surface area contributed by atoms with E-state index in [2.05, 4.69) is 10.2 Å². The second-order valence-corrected chi connectivity index (χ2v) is 9.26. The van der Waals surface area contributed by atoms with Gasteiger partial charge >= 0.3 is 0 Å². The molecule has 1 aliphatic heterocycles. The number of hydrogen-bond donors (Lipinski definition) is 1. The number of amides is 1. The van der Waals surface area contributed by atoms with Gasteiger partial charge in [0.15, 0.2) is 6.10 Å². The number of para-hydroxylation sites is 1. The van der Waals surface area contributed by atoms with Crippen LogP contribution < -0.4 is 19.3 Å². The number of halogens is 1. The zero-order valence-corrected chi connectivity index (χ0v) is 17.9.